The van der Waals surface area contributed by atoms with E-state index in [2.05, 4.69) is 22.4 Å². The highest BCUT2D eigenvalue weighted by Gasteiger charge is 2.24. The number of hydrogen-bond acceptors (Lipinski definition) is 4. The molecule has 1 aliphatic rings. The molecule has 1 aliphatic carbocycles. The van der Waals surface area contributed by atoms with Gasteiger partial charge in [0.05, 0.1) is 6.04 Å². The predicted molar refractivity (Wildman–Crippen MR) is 79.1 cm³/mol. The molecule has 5 heteroatoms. The Morgan fingerprint density at radius 1 is 1.20 bits per heavy atom. The second-order valence-corrected chi connectivity index (χ2v) is 5.88. The molecule has 2 aromatic rings. The molecule has 3 rings (SSSR count). The third kappa shape index (κ3) is 2.28. The Kier molecular flexibility index (Phi) is 3.42. The van der Waals surface area contributed by atoms with Crippen molar-refractivity contribution in [1.29, 1.82) is 0 Å². The molecule has 2 N–H and O–H groups in total. The summed E-state index contributed by atoms with van der Waals surface area (Å²) in [6.07, 6.45) is 4.81. The van der Waals surface area contributed by atoms with E-state index in [1.807, 2.05) is 29.8 Å². The van der Waals surface area contributed by atoms with Crippen LogP contribution in [0.4, 0.5) is 5.69 Å². The van der Waals surface area contributed by atoms with Crippen LogP contribution in [-0.2, 0) is 0 Å². The zero-order chi connectivity index (χ0) is 14.1. The van der Waals surface area contributed by atoms with E-state index in [9.17, 15) is 0 Å². The number of hydrogen-bond donors (Lipinski definition) is 1. The number of aromatic nitrogens is 4. The highest BCUT2D eigenvalue weighted by molar-refractivity contribution is 5.67. The van der Waals surface area contributed by atoms with Gasteiger partial charge in [-0.25, -0.2) is 4.68 Å². The minimum Gasteiger partial charge on any atom is -0.398 e. The van der Waals surface area contributed by atoms with Crippen molar-refractivity contribution in [1.82, 2.24) is 20.2 Å². The minimum absolute atomic E-state index is 0.414. The summed E-state index contributed by atoms with van der Waals surface area (Å²) in [5.41, 5.74) is 8.87. The molecule has 20 heavy (non-hydrogen) atoms. The molecule has 0 bridgehead atoms. The number of tetrazole rings is 1. The van der Waals surface area contributed by atoms with Crippen LogP contribution in [-0.4, -0.2) is 20.2 Å². The van der Waals surface area contributed by atoms with Crippen LogP contribution in [0.15, 0.2) is 18.2 Å². The lowest BCUT2D eigenvalue weighted by molar-refractivity contribution is 0.272. The zero-order valence-corrected chi connectivity index (χ0v) is 12.1. The Morgan fingerprint density at radius 2 is 1.95 bits per heavy atom. The smallest absolute Gasteiger partial charge is 0.182 e. The molecule has 1 heterocycles. The Bertz CT molecular complexity index is 596. The number of nitrogens with zero attached hydrogens (tertiary/aromatic N) is 4. The lowest BCUT2D eigenvalue weighted by Crippen LogP contribution is -2.19. The van der Waals surface area contributed by atoms with E-state index in [-0.39, 0.29) is 0 Å². The summed E-state index contributed by atoms with van der Waals surface area (Å²) in [5.74, 6) is 1.66. The molecule has 0 amide bonds. The van der Waals surface area contributed by atoms with E-state index in [0.717, 1.165) is 41.4 Å². The first kappa shape index (κ1) is 13.1. The topological polar surface area (TPSA) is 69.6 Å². The van der Waals surface area contributed by atoms with E-state index in [0.29, 0.717) is 6.04 Å². The molecule has 0 atom stereocenters. The van der Waals surface area contributed by atoms with Crippen LogP contribution in [0.2, 0.25) is 0 Å². The van der Waals surface area contributed by atoms with E-state index < -0.39 is 0 Å². The van der Waals surface area contributed by atoms with Crippen molar-refractivity contribution in [2.75, 3.05) is 5.73 Å². The standard InChI is InChI=1S/C15H21N5/c1-10-6-8-12(9-7-10)20-15(17-18-19-20)13-4-3-5-14(16)11(13)2/h3-5,10,12H,6-9,16H2,1-2H3. The lowest BCUT2D eigenvalue weighted by atomic mass is 9.87. The quantitative estimate of drug-likeness (QED) is 0.852. The molecule has 1 saturated carbocycles. The fourth-order valence-corrected chi connectivity index (χ4v) is 3.00. The Hall–Kier alpha value is -1.91. The summed E-state index contributed by atoms with van der Waals surface area (Å²) in [4.78, 5) is 0. The van der Waals surface area contributed by atoms with Crippen molar-refractivity contribution >= 4 is 5.69 Å². The maximum absolute atomic E-state index is 6.00. The maximum Gasteiger partial charge on any atom is 0.182 e. The average Bonchev–Trinajstić information content (AvgIpc) is 2.92. The van der Waals surface area contributed by atoms with E-state index in [1.54, 1.807) is 0 Å². The summed E-state index contributed by atoms with van der Waals surface area (Å²) >= 11 is 0. The first-order valence-electron chi connectivity index (χ1n) is 7.30. The van der Waals surface area contributed by atoms with Crippen LogP contribution in [0.25, 0.3) is 11.4 Å². The van der Waals surface area contributed by atoms with Gasteiger partial charge in [0.2, 0.25) is 0 Å². The first-order valence-corrected chi connectivity index (χ1v) is 7.30. The molecule has 106 valence electrons. The largest absolute Gasteiger partial charge is 0.398 e. The van der Waals surface area contributed by atoms with Crippen molar-refractivity contribution in [2.24, 2.45) is 5.92 Å². The number of nitrogen functional groups attached to an aromatic ring is 1. The monoisotopic (exact) mass is 271 g/mol. The molecule has 0 unspecified atom stereocenters. The Balaban J connectivity index is 1.96. The van der Waals surface area contributed by atoms with Gasteiger partial charge < -0.3 is 5.73 Å². The van der Waals surface area contributed by atoms with Gasteiger partial charge in [0, 0.05) is 11.3 Å². The Labute approximate surface area is 119 Å². The molecular weight excluding hydrogens is 250 g/mol. The second-order valence-electron chi connectivity index (χ2n) is 5.88. The minimum atomic E-state index is 0.414. The van der Waals surface area contributed by atoms with Gasteiger partial charge in [-0.1, -0.05) is 19.1 Å². The van der Waals surface area contributed by atoms with E-state index in [1.165, 1.54) is 12.8 Å². The summed E-state index contributed by atoms with van der Waals surface area (Å²) < 4.78 is 1.99. The summed E-state index contributed by atoms with van der Waals surface area (Å²) in [6.45, 7) is 4.34. The van der Waals surface area contributed by atoms with Gasteiger partial charge in [-0.3, -0.25) is 0 Å². The highest BCUT2D eigenvalue weighted by atomic mass is 15.5. The van der Waals surface area contributed by atoms with Gasteiger partial charge in [0.25, 0.3) is 0 Å². The number of anilines is 1. The third-order valence-corrected chi connectivity index (χ3v) is 4.44. The van der Waals surface area contributed by atoms with Crippen LogP contribution in [0.5, 0.6) is 0 Å². The normalized spacial score (nSPS) is 22.9. The third-order valence-electron chi connectivity index (χ3n) is 4.44. The molecule has 0 spiro atoms. The molecule has 5 nitrogen and oxygen atoms in total. The van der Waals surface area contributed by atoms with Crippen molar-refractivity contribution in [2.45, 2.75) is 45.6 Å². The summed E-state index contributed by atoms with van der Waals surface area (Å²) in [6, 6.07) is 6.32. The molecule has 0 saturated heterocycles. The molecule has 1 aromatic carbocycles. The molecular formula is C15H21N5. The van der Waals surface area contributed by atoms with Crippen molar-refractivity contribution in [3.63, 3.8) is 0 Å². The summed E-state index contributed by atoms with van der Waals surface area (Å²) in [7, 11) is 0. The SMILES string of the molecule is Cc1c(N)cccc1-c1nnnn1C1CCC(C)CC1. The number of rotatable bonds is 2. The zero-order valence-electron chi connectivity index (χ0n) is 12.1. The van der Waals surface area contributed by atoms with Gasteiger partial charge in [-0.05, 0) is 60.6 Å². The van der Waals surface area contributed by atoms with E-state index in [4.69, 9.17) is 5.73 Å². The number of benzene rings is 1. The fourth-order valence-electron chi connectivity index (χ4n) is 3.00. The van der Waals surface area contributed by atoms with Crippen LogP contribution in [0.3, 0.4) is 0 Å². The number of nitrogens with two attached hydrogens (primary N) is 1. The fraction of sp³-hybridized carbons (Fsp3) is 0.533. The van der Waals surface area contributed by atoms with Gasteiger partial charge in [0.15, 0.2) is 5.82 Å². The van der Waals surface area contributed by atoms with Gasteiger partial charge in [-0.15, -0.1) is 5.10 Å². The van der Waals surface area contributed by atoms with Crippen LogP contribution < -0.4 is 5.73 Å². The van der Waals surface area contributed by atoms with Crippen molar-refractivity contribution in [3.05, 3.63) is 23.8 Å². The molecule has 1 fully saturated rings. The van der Waals surface area contributed by atoms with Crippen LogP contribution in [0.1, 0.15) is 44.2 Å². The van der Waals surface area contributed by atoms with Gasteiger partial charge in [-0.2, -0.15) is 0 Å². The van der Waals surface area contributed by atoms with Crippen molar-refractivity contribution < 1.29 is 0 Å². The van der Waals surface area contributed by atoms with Crippen LogP contribution >= 0.6 is 0 Å². The summed E-state index contributed by atoms with van der Waals surface area (Å²) in [5, 5.41) is 12.3. The lowest BCUT2D eigenvalue weighted by Gasteiger charge is -2.26. The Morgan fingerprint density at radius 3 is 2.70 bits per heavy atom. The maximum atomic E-state index is 6.00. The second kappa shape index (κ2) is 5.23. The first-order chi connectivity index (χ1) is 9.66. The van der Waals surface area contributed by atoms with Gasteiger partial charge in [0.1, 0.15) is 0 Å². The van der Waals surface area contributed by atoms with Crippen molar-refractivity contribution in [3.8, 4) is 11.4 Å². The molecule has 1 aromatic heterocycles. The highest BCUT2D eigenvalue weighted by Crippen LogP contribution is 2.34. The van der Waals surface area contributed by atoms with Gasteiger partial charge >= 0.3 is 0 Å². The molecule has 0 aliphatic heterocycles. The predicted octanol–water partition coefficient (Wildman–Crippen LogP) is 2.98. The molecule has 0 radical (unpaired) electrons. The van der Waals surface area contributed by atoms with E-state index >= 15 is 0 Å². The van der Waals surface area contributed by atoms with Crippen LogP contribution in [0, 0.1) is 12.8 Å². The average molecular weight is 271 g/mol.